The van der Waals surface area contributed by atoms with E-state index in [-0.39, 0.29) is 17.5 Å². The molecule has 2 saturated carbocycles. The topological polar surface area (TPSA) is 29.5 Å². The van der Waals surface area contributed by atoms with E-state index >= 15 is 0 Å². The van der Waals surface area contributed by atoms with E-state index in [2.05, 4.69) is 61.2 Å². The Kier molecular flexibility index (Phi) is 8.93. The zero-order valence-corrected chi connectivity index (χ0v) is 24.1. The van der Waals surface area contributed by atoms with Gasteiger partial charge in [-0.2, -0.15) is 0 Å². The summed E-state index contributed by atoms with van der Waals surface area (Å²) in [5.74, 6) is 2.60. The fourth-order valence-electron chi connectivity index (χ4n) is 7.55. The molecule has 1 aliphatic heterocycles. The molecule has 0 bridgehead atoms. The molecule has 0 amide bonds. The Bertz CT molecular complexity index is 1050. The summed E-state index contributed by atoms with van der Waals surface area (Å²) in [7, 11) is 1.76. The molecule has 1 saturated heterocycles. The summed E-state index contributed by atoms with van der Waals surface area (Å²) in [6.45, 7) is 5.55. The average molecular weight is 516 g/mol. The average Bonchev–Trinajstić information content (AvgIpc) is 3.77. The predicted octanol–water partition coefficient (Wildman–Crippen LogP) is 8.97. The lowest BCUT2D eigenvalue weighted by atomic mass is 9.76. The van der Waals surface area contributed by atoms with Gasteiger partial charge in [0, 0.05) is 24.9 Å². The molecular formula is C35H49NO2. The van der Waals surface area contributed by atoms with Gasteiger partial charge in [-0.1, -0.05) is 87.9 Å². The fourth-order valence-corrected chi connectivity index (χ4v) is 7.55. The molecule has 206 valence electrons. The zero-order valence-electron chi connectivity index (χ0n) is 24.1. The van der Waals surface area contributed by atoms with E-state index < -0.39 is 0 Å². The summed E-state index contributed by atoms with van der Waals surface area (Å²) in [4.78, 5) is 17.3. The van der Waals surface area contributed by atoms with E-state index in [1.54, 1.807) is 7.11 Å². The molecular weight excluding hydrogens is 466 g/mol. The summed E-state index contributed by atoms with van der Waals surface area (Å²) in [5, 5.41) is 0. The number of hydrogen-bond donors (Lipinski definition) is 0. The van der Waals surface area contributed by atoms with Gasteiger partial charge < -0.3 is 4.74 Å². The van der Waals surface area contributed by atoms with Gasteiger partial charge in [-0.3, -0.25) is 9.69 Å². The third-order valence-electron chi connectivity index (χ3n) is 9.91. The smallest absolute Gasteiger partial charge is 0.158 e. The minimum absolute atomic E-state index is 0.0867. The third-order valence-corrected chi connectivity index (χ3v) is 9.91. The first kappa shape index (κ1) is 27.4. The number of nitrogens with zero attached hydrogens (tertiary/aromatic N) is 1. The molecule has 2 atom stereocenters. The highest BCUT2D eigenvalue weighted by Crippen LogP contribution is 2.53. The number of rotatable bonds is 11. The van der Waals surface area contributed by atoms with Gasteiger partial charge in [-0.15, -0.1) is 0 Å². The predicted molar refractivity (Wildman–Crippen MR) is 158 cm³/mol. The number of ketones is 1. The molecule has 3 fully saturated rings. The van der Waals surface area contributed by atoms with Crippen LogP contribution in [0.3, 0.4) is 0 Å². The van der Waals surface area contributed by atoms with Crippen molar-refractivity contribution in [2.24, 2.45) is 11.8 Å². The van der Waals surface area contributed by atoms with Crippen molar-refractivity contribution in [2.45, 2.75) is 115 Å². The molecule has 3 heteroatoms. The van der Waals surface area contributed by atoms with Crippen LogP contribution in [0, 0.1) is 11.8 Å². The Labute approximate surface area is 231 Å². The number of carbonyl (C=O) groups excluding carboxylic acids is 1. The van der Waals surface area contributed by atoms with Crippen LogP contribution in [-0.4, -0.2) is 29.9 Å². The summed E-state index contributed by atoms with van der Waals surface area (Å²) in [6.07, 6.45) is 22.7. The molecule has 1 spiro atoms. The minimum Gasteiger partial charge on any atom is -0.501 e. The third kappa shape index (κ3) is 5.74. The molecule has 2 unspecified atom stereocenters. The summed E-state index contributed by atoms with van der Waals surface area (Å²) >= 11 is 0. The summed E-state index contributed by atoms with van der Waals surface area (Å²) in [5.41, 5.74) is 5.36. The Hall–Kier alpha value is -2.13. The first-order chi connectivity index (χ1) is 18.6. The van der Waals surface area contributed by atoms with Crippen LogP contribution < -0.4 is 0 Å². The Morgan fingerprint density at radius 1 is 1.03 bits per heavy atom. The lowest BCUT2D eigenvalue weighted by Crippen LogP contribution is -2.50. The molecule has 3 nitrogen and oxygen atoms in total. The fraction of sp³-hybridized carbons (Fsp3) is 0.629. The Morgan fingerprint density at radius 2 is 1.79 bits per heavy atom. The first-order valence-corrected chi connectivity index (χ1v) is 15.6. The minimum atomic E-state index is -0.234. The zero-order chi connectivity index (χ0) is 26.5. The van der Waals surface area contributed by atoms with Crippen LogP contribution in [0.25, 0.3) is 5.57 Å². The highest BCUT2D eigenvalue weighted by molar-refractivity contribution is 5.94. The second-order valence-electron chi connectivity index (χ2n) is 12.2. The van der Waals surface area contributed by atoms with Crippen molar-refractivity contribution in [3.8, 4) is 0 Å². The monoisotopic (exact) mass is 515 g/mol. The van der Waals surface area contributed by atoms with Gasteiger partial charge in [0.25, 0.3) is 0 Å². The number of methoxy groups -OCH3 is 1. The molecule has 0 N–H and O–H groups in total. The van der Waals surface area contributed by atoms with Crippen LogP contribution in [0.2, 0.25) is 0 Å². The van der Waals surface area contributed by atoms with Crippen LogP contribution in [0.15, 0.2) is 53.8 Å². The standard InChI is InChI=1S/C35H49NO2/c1-4-9-28(5-2)29-15-17-30(18-16-29)33-32(21-14-26-12-19-31(38-3)20-13-26)34(37)35(23-7-6-8-24-35)36(33)25-22-27-10-11-27/h9,12,15-19,27,32-33H,4-8,10-11,13-14,20-25H2,1-3H3/b28-9-. The maximum absolute atomic E-state index is 14.5. The van der Waals surface area contributed by atoms with Crippen molar-refractivity contribution in [2.75, 3.05) is 13.7 Å². The number of ether oxygens (including phenoxy) is 1. The van der Waals surface area contributed by atoms with Crippen molar-refractivity contribution in [1.29, 1.82) is 0 Å². The van der Waals surface area contributed by atoms with Crippen molar-refractivity contribution in [1.82, 2.24) is 4.90 Å². The van der Waals surface area contributed by atoms with Crippen molar-refractivity contribution >= 4 is 11.4 Å². The molecule has 3 aliphatic carbocycles. The molecule has 1 aromatic carbocycles. The number of carbonyl (C=O) groups is 1. The largest absolute Gasteiger partial charge is 0.501 e. The maximum atomic E-state index is 14.5. The van der Waals surface area contributed by atoms with E-state index in [1.165, 1.54) is 60.8 Å². The lowest BCUT2D eigenvalue weighted by molar-refractivity contribution is -0.129. The summed E-state index contributed by atoms with van der Waals surface area (Å²) in [6, 6.07) is 9.58. The van der Waals surface area contributed by atoms with Gasteiger partial charge in [0.15, 0.2) is 5.78 Å². The molecule has 38 heavy (non-hydrogen) atoms. The van der Waals surface area contributed by atoms with E-state index in [9.17, 15) is 4.79 Å². The molecule has 1 aromatic rings. The lowest BCUT2D eigenvalue weighted by Gasteiger charge is -2.42. The van der Waals surface area contributed by atoms with E-state index in [0.29, 0.717) is 5.78 Å². The van der Waals surface area contributed by atoms with Crippen LogP contribution in [0.4, 0.5) is 0 Å². The van der Waals surface area contributed by atoms with Gasteiger partial charge in [0.2, 0.25) is 0 Å². The maximum Gasteiger partial charge on any atom is 0.158 e. The second kappa shape index (κ2) is 12.4. The molecule has 4 aliphatic rings. The first-order valence-electron chi connectivity index (χ1n) is 15.6. The van der Waals surface area contributed by atoms with Crippen molar-refractivity contribution in [3.63, 3.8) is 0 Å². The van der Waals surface area contributed by atoms with Gasteiger partial charge in [0.1, 0.15) is 0 Å². The van der Waals surface area contributed by atoms with Gasteiger partial charge in [0.05, 0.1) is 18.4 Å². The molecule has 5 rings (SSSR count). The highest BCUT2D eigenvalue weighted by atomic mass is 16.5. The summed E-state index contributed by atoms with van der Waals surface area (Å²) < 4.78 is 5.45. The van der Waals surface area contributed by atoms with Gasteiger partial charge >= 0.3 is 0 Å². The molecule has 0 aromatic heterocycles. The normalized spacial score (nSPS) is 26.0. The quantitative estimate of drug-likeness (QED) is 0.294. The number of Topliss-reactive ketones (excluding diaryl/α,β-unsaturated/α-hetero) is 1. The Balaban J connectivity index is 1.46. The van der Waals surface area contributed by atoms with Gasteiger partial charge in [-0.25, -0.2) is 0 Å². The van der Waals surface area contributed by atoms with Crippen molar-refractivity contribution < 1.29 is 9.53 Å². The number of allylic oxidation sites excluding steroid dienone is 6. The van der Waals surface area contributed by atoms with Crippen LogP contribution in [0.5, 0.6) is 0 Å². The Morgan fingerprint density at radius 3 is 2.39 bits per heavy atom. The van der Waals surface area contributed by atoms with E-state index in [4.69, 9.17) is 4.74 Å². The van der Waals surface area contributed by atoms with Crippen LogP contribution >= 0.6 is 0 Å². The van der Waals surface area contributed by atoms with Crippen LogP contribution in [-0.2, 0) is 9.53 Å². The highest BCUT2D eigenvalue weighted by Gasteiger charge is 2.58. The van der Waals surface area contributed by atoms with Crippen LogP contribution in [0.1, 0.15) is 121 Å². The molecule has 0 radical (unpaired) electrons. The second-order valence-corrected chi connectivity index (χ2v) is 12.2. The van der Waals surface area contributed by atoms with Gasteiger partial charge in [-0.05, 0) is 80.1 Å². The number of benzene rings is 1. The number of likely N-dealkylation sites (tertiary alicyclic amines) is 1. The molecule has 1 heterocycles. The van der Waals surface area contributed by atoms with Crippen molar-refractivity contribution in [3.05, 3.63) is 65.0 Å². The van der Waals surface area contributed by atoms with E-state index in [1.807, 2.05) is 0 Å². The van der Waals surface area contributed by atoms with E-state index in [0.717, 1.165) is 69.6 Å². The SMILES string of the molecule is CC/C=C(/CC)c1ccc(C2C(CCC3=CC=C(OC)CC3)C(=O)C3(CCCCC3)N2CCC2CC2)cc1. The number of hydrogen-bond acceptors (Lipinski definition) is 3.